The normalized spacial score (nSPS) is 21.6. The Morgan fingerprint density at radius 3 is 2.36 bits per heavy atom. The van der Waals surface area contributed by atoms with Gasteiger partial charge in [-0.15, -0.1) is 0 Å². The minimum Gasteiger partial charge on any atom is -0.454 e. The first kappa shape index (κ1) is 11.2. The van der Waals surface area contributed by atoms with Gasteiger partial charge in [-0.1, -0.05) is 6.58 Å². The number of hydrogen-bond donors (Lipinski definition) is 0. The molecule has 0 aliphatic carbocycles. The Morgan fingerprint density at radius 1 is 1.43 bits per heavy atom. The monoisotopic (exact) mass is 200 g/mol. The Hall–Kier alpha value is -0.870. The zero-order valence-electron chi connectivity index (χ0n) is 8.83. The third-order valence-corrected chi connectivity index (χ3v) is 1.86. The van der Waals surface area contributed by atoms with Crippen molar-refractivity contribution >= 4 is 5.97 Å². The fourth-order valence-corrected chi connectivity index (χ4v) is 0.997. The van der Waals surface area contributed by atoms with Crippen LogP contribution in [0.4, 0.5) is 0 Å². The highest BCUT2D eigenvalue weighted by molar-refractivity contribution is 5.87. The first-order chi connectivity index (χ1) is 6.41. The fraction of sp³-hybridized carbons (Fsp3) is 0.700. The first-order valence-corrected chi connectivity index (χ1v) is 4.55. The van der Waals surface area contributed by atoms with Crippen LogP contribution in [0.2, 0.25) is 0 Å². The third-order valence-electron chi connectivity index (χ3n) is 1.86. The Bertz CT molecular complexity index is 235. The van der Waals surface area contributed by atoms with Gasteiger partial charge in [-0.25, -0.2) is 4.79 Å². The molecular formula is C10H16O4. The Morgan fingerprint density at radius 2 is 1.93 bits per heavy atom. The smallest absolute Gasteiger partial charge is 0.333 e. The number of rotatable bonds is 2. The molecule has 1 heterocycles. The predicted octanol–water partition coefficient (Wildman–Crippen LogP) is 1.26. The molecule has 1 fully saturated rings. The van der Waals surface area contributed by atoms with Crippen LogP contribution < -0.4 is 0 Å². The molecule has 0 unspecified atom stereocenters. The summed E-state index contributed by atoms with van der Waals surface area (Å²) in [5, 5.41) is 0. The van der Waals surface area contributed by atoms with E-state index >= 15 is 0 Å². The van der Waals surface area contributed by atoms with Crippen LogP contribution in [-0.2, 0) is 19.0 Å². The maximum Gasteiger partial charge on any atom is 0.333 e. The standard InChI is InChI=1S/C10H16O4/c1-7(2)9(11)14-8-5-12-10(3,4)13-6-8/h8H,1,5-6H2,2-4H3. The van der Waals surface area contributed by atoms with Crippen LogP contribution in [0.5, 0.6) is 0 Å². The zero-order valence-corrected chi connectivity index (χ0v) is 8.83. The van der Waals surface area contributed by atoms with E-state index in [9.17, 15) is 4.79 Å². The van der Waals surface area contributed by atoms with Crippen LogP contribution in [0.3, 0.4) is 0 Å². The summed E-state index contributed by atoms with van der Waals surface area (Å²) in [4.78, 5) is 11.1. The van der Waals surface area contributed by atoms with E-state index < -0.39 is 11.8 Å². The van der Waals surface area contributed by atoms with E-state index in [1.165, 1.54) is 0 Å². The number of carbonyl (C=O) groups excluding carboxylic acids is 1. The summed E-state index contributed by atoms with van der Waals surface area (Å²) < 4.78 is 15.7. The summed E-state index contributed by atoms with van der Waals surface area (Å²) in [6, 6.07) is 0. The molecule has 0 aromatic heterocycles. The van der Waals surface area contributed by atoms with Crippen LogP contribution in [0.15, 0.2) is 12.2 Å². The molecule has 0 radical (unpaired) electrons. The average Bonchev–Trinajstić information content (AvgIpc) is 2.08. The molecule has 1 aliphatic heterocycles. The van der Waals surface area contributed by atoms with Crippen molar-refractivity contribution in [3.05, 3.63) is 12.2 Å². The predicted molar refractivity (Wildman–Crippen MR) is 50.7 cm³/mol. The van der Waals surface area contributed by atoms with Crippen molar-refractivity contribution in [2.75, 3.05) is 13.2 Å². The molecule has 1 saturated heterocycles. The lowest BCUT2D eigenvalue weighted by molar-refractivity contribution is -0.275. The van der Waals surface area contributed by atoms with Crippen molar-refractivity contribution in [3.63, 3.8) is 0 Å². The summed E-state index contributed by atoms with van der Waals surface area (Å²) in [6.07, 6.45) is -0.327. The van der Waals surface area contributed by atoms with Gasteiger partial charge < -0.3 is 14.2 Å². The number of esters is 1. The van der Waals surface area contributed by atoms with Gasteiger partial charge in [0, 0.05) is 5.57 Å². The third kappa shape index (κ3) is 3.12. The van der Waals surface area contributed by atoms with Gasteiger partial charge in [-0.2, -0.15) is 0 Å². The van der Waals surface area contributed by atoms with Gasteiger partial charge in [-0.3, -0.25) is 0 Å². The van der Waals surface area contributed by atoms with Crippen molar-refractivity contribution in [1.29, 1.82) is 0 Å². The Balaban J connectivity index is 2.36. The lowest BCUT2D eigenvalue weighted by Crippen LogP contribution is -2.43. The SMILES string of the molecule is C=C(C)C(=O)OC1COC(C)(C)OC1. The van der Waals surface area contributed by atoms with E-state index in [-0.39, 0.29) is 6.10 Å². The van der Waals surface area contributed by atoms with Gasteiger partial charge >= 0.3 is 5.97 Å². The van der Waals surface area contributed by atoms with E-state index in [0.717, 1.165) is 0 Å². The molecule has 0 bridgehead atoms. The van der Waals surface area contributed by atoms with Crippen LogP contribution in [-0.4, -0.2) is 31.1 Å². The van der Waals surface area contributed by atoms with Gasteiger partial charge in [0.2, 0.25) is 0 Å². The molecule has 80 valence electrons. The molecular weight excluding hydrogens is 184 g/mol. The lowest BCUT2D eigenvalue weighted by atomic mass is 10.3. The largest absolute Gasteiger partial charge is 0.454 e. The lowest BCUT2D eigenvalue weighted by Gasteiger charge is -2.34. The minimum absolute atomic E-state index is 0.327. The summed E-state index contributed by atoms with van der Waals surface area (Å²) in [7, 11) is 0. The van der Waals surface area contributed by atoms with Gasteiger partial charge in [-0.05, 0) is 20.8 Å². The minimum atomic E-state index is -0.577. The summed E-state index contributed by atoms with van der Waals surface area (Å²) >= 11 is 0. The van der Waals surface area contributed by atoms with Gasteiger partial charge in [0.1, 0.15) is 6.10 Å². The van der Waals surface area contributed by atoms with Gasteiger partial charge in [0.25, 0.3) is 0 Å². The first-order valence-electron chi connectivity index (χ1n) is 4.55. The van der Waals surface area contributed by atoms with E-state index in [4.69, 9.17) is 14.2 Å². The molecule has 1 rings (SSSR count). The Kier molecular flexibility index (Phi) is 3.29. The highest BCUT2D eigenvalue weighted by Crippen LogP contribution is 2.18. The van der Waals surface area contributed by atoms with Crippen molar-refractivity contribution in [2.24, 2.45) is 0 Å². The summed E-state index contributed by atoms with van der Waals surface area (Å²) in [5.41, 5.74) is 0.384. The zero-order chi connectivity index (χ0) is 10.8. The van der Waals surface area contributed by atoms with Gasteiger partial charge in [0.15, 0.2) is 5.79 Å². The topological polar surface area (TPSA) is 44.8 Å². The van der Waals surface area contributed by atoms with Crippen molar-refractivity contribution in [3.8, 4) is 0 Å². The molecule has 0 N–H and O–H groups in total. The molecule has 0 aromatic rings. The number of ether oxygens (including phenoxy) is 3. The molecule has 1 aliphatic rings. The van der Waals surface area contributed by atoms with E-state index in [2.05, 4.69) is 6.58 Å². The fourth-order valence-electron chi connectivity index (χ4n) is 0.997. The molecule has 0 atom stereocenters. The molecule has 0 saturated carbocycles. The molecule has 0 amide bonds. The van der Waals surface area contributed by atoms with E-state index in [1.54, 1.807) is 6.92 Å². The van der Waals surface area contributed by atoms with Crippen LogP contribution in [0.25, 0.3) is 0 Å². The second-order valence-corrected chi connectivity index (χ2v) is 3.83. The van der Waals surface area contributed by atoms with Crippen molar-refractivity contribution in [2.45, 2.75) is 32.7 Å². The Labute approximate surface area is 83.8 Å². The van der Waals surface area contributed by atoms with Gasteiger partial charge in [0.05, 0.1) is 13.2 Å². The molecule has 4 nitrogen and oxygen atoms in total. The molecule has 0 aromatic carbocycles. The average molecular weight is 200 g/mol. The number of carbonyl (C=O) groups is 1. The molecule has 14 heavy (non-hydrogen) atoms. The van der Waals surface area contributed by atoms with E-state index in [1.807, 2.05) is 13.8 Å². The number of hydrogen-bond acceptors (Lipinski definition) is 4. The quantitative estimate of drug-likeness (QED) is 0.497. The summed E-state index contributed by atoms with van der Waals surface area (Å²) in [5.74, 6) is -0.978. The van der Waals surface area contributed by atoms with Crippen LogP contribution in [0, 0.1) is 0 Å². The maximum atomic E-state index is 11.1. The van der Waals surface area contributed by atoms with Crippen molar-refractivity contribution < 1.29 is 19.0 Å². The molecule has 4 heteroatoms. The summed E-state index contributed by atoms with van der Waals surface area (Å²) in [6.45, 7) is 9.48. The molecule has 0 spiro atoms. The van der Waals surface area contributed by atoms with E-state index in [0.29, 0.717) is 18.8 Å². The maximum absolute atomic E-state index is 11.1. The van der Waals surface area contributed by atoms with Crippen LogP contribution in [0.1, 0.15) is 20.8 Å². The second kappa shape index (κ2) is 4.11. The highest BCUT2D eigenvalue weighted by Gasteiger charge is 2.30. The highest BCUT2D eigenvalue weighted by atomic mass is 16.7. The van der Waals surface area contributed by atoms with Crippen LogP contribution >= 0.6 is 0 Å². The second-order valence-electron chi connectivity index (χ2n) is 3.83. The van der Waals surface area contributed by atoms with Crippen molar-refractivity contribution in [1.82, 2.24) is 0 Å².